The number of halogens is 1. The molecule has 1 aromatic heterocycles. The molecule has 2 aliphatic heterocycles. The number of benzene rings is 1. The predicted molar refractivity (Wildman–Crippen MR) is 137 cm³/mol. The summed E-state index contributed by atoms with van der Waals surface area (Å²) < 4.78 is 0. The summed E-state index contributed by atoms with van der Waals surface area (Å²) in [6.07, 6.45) is 3.30. The number of nitroso groups, excluding NO2 is 1. The number of pyridine rings is 1. The van der Waals surface area contributed by atoms with Crippen molar-refractivity contribution < 1.29 is 4.79 Å². The van der Waals surface area contributed by atoms with Crippen LogP contribution in [0.2, 0.25) is 5.02 Å². The Morgan fingerprint density at radius 1 is 1.06 bits per heavy atom. The molecule has 1 N–H and O–H groups in total. The predicted octanol–water partition coefficient (Wildman–Crippen LogP) is 4.45. The second kappa shape index (κ2) is 11.6. The molecule has 3 heterocycles. The second-order valence-corrected chi connectivity index (χ2v) is 9.54. The molecule has 9 heteroatoms. The maximum atomic E-state index is 12.7. The molecule has 2 aliphatic rings. The average molecular weight is 485 g/mol. The monoisotopic (exact) mass is 484 g/mol. The highest BCUT2D eigenvalue weighted by Gasteiger charge is 2.23. The SMILES string of the molecule is Cc1nc(NC2CCN(C(=O)CCCN3CCN(c4ccc(Cl)cc4)CC3)CC2)ccc1N=O. The van der Waals surface area contributed by atoms with E-state index in [2.05, 4.69) is 37.4 Å². The van der Waals surface area contributed by atoms with Gasteiger partial charge in [-0.3, -0.25) is 9.69 Å². The van der Waals surface area contributed by atoms with Crippen LogP contribution in [0.25, 0.3) is 0 Å². The van der Waals surface area contributed by atoms with E-state index in [1.807, 2.05) is 17.0 Å². The Balaban J connectivity index is 1.12. The maximum absolute atomic E-state index is 12.7. The Bertz CT molecular complexity index is 970. The fourth-order valence-electron chi connectivity index (χ4n) is 4.71. The van der Waals surface area contributed by atoms with E-state index in [4.69, 9.17) is 11.6 Å². The van der Waals surface area contributed by atoms with Crippen molar-refractivity contribution in [2.24, 2.45) is 5.18 Å². The molecule has 34 heavy (non-hydrogen) atoms. The number of hydrogen-bond acceptors (Lipinski definition) is 7. The lowest BCUT2D eigenvalue weighted by atomic mass is 10.0. The van der Waals surface area contributed by atoms with Crippen molar-refractivity contribution in [2.45, 2.75) is 38.6 Å². The Kier molecular flexibility index (Phi) is 8.34. The van der Waals surface area contributed by atoms with Crippen molar-refractivity contribution in [1.82, 2.24) is 14.8 Å². The third kappa shape index (κ3) is 6.45. The van der Waals surface area contributed by atoms with E-state index in [1.54, 1.807) is 19.1 Å². The van der Waals surface area contributed by atoms with Crippen LogP contribution in [0.5, 0.6) is 0 Å². The van der Waals surface area contributed by atoms with E-state index < -0.39 is 0 Å². The van der Waals surface area contributed by atoms with Crippen LogP contribution in [0, 0.1) is 11.8 Å². The van der Waals surface area contributed by atoms with Crippen molar-refractivity contribution >= 4 is 34.7 Å². The topological polar surface area (TPSA) is 81.1 Å². The summed E-state index contributed by atoms with van der Waals surface area (Å²) in [4.78, 5) is 34.7. The maximum Gasteiger partial charge on any atom is 0.222 e. The van der Waals surface area contributed by atoms with Gasteiger partial charge in [0.15, 0.2) is 0 Å². The Labute approximate surface area is 206 Å². The van der Waals surface area contributed by atoms with Crippen LogP contribution in [-0.4, -0.2) is 72.5 Å². The minimum Gasteiger partial charge on any atom is -0.369 e. The number of anilines is 2. The number of hydrogen-bond donors (Lipinski definition) is 1. The van der Waals surface area contributed by atoms with E-state index >= 15 is 0 Å². The van der Waals surface area contributed by atoms with Crippen LogP contribution < -0.4 is 10.2 Å². The van der Waals surface area contributed by atoms with Crippen molar-refractivity contribution in [2.75, 3.05) is 56.0 Å². The van der Waals surface area contributed by atoms with Crippen LogP contribution in [0.4, 0.5) is 17.2 Å². The second-order valence-electron chi connectivity index (χ2n) is 9.10. The van der Waals surface area contributed by atoms with Crippen LogP contribution in [0.15, 0.2) is 41.6 Å². The summed E-state index contributed by atoms with van der Waals surface area (Å²) >= 11 is 5.99. The number of aromatic nitrogens is 1. The smallest absolute Gasteiger partial charge is 0.222 e. The highest BCUT2D eigenvalue weighted by Crippen LogP contribution is 2.22. The van der Waals surface area contributed by atoms with Gasteiger partial charge < -0.3 is 15.1 Å². The first-order valence-corrected chi connectivity index (χ1v) is 12.5. The molecule has 0 aliphatic carbocycles. The average Bonchev–Trinajstić information content (AvgIpc) is 2.85. The first-order valence-electron chi connectivity index (χ1n) is 12.1. The molecule has 1 amide bonds. The van der Waals surface area contributed by atoms with Gasteiger partial charge in [0, 0.05) is 62.4 Å². The molecule has 2 saturated heterocycles. The van der Waals surface area contributed by atoms with E-state index in [-0.39, 0.29) is 11.9 Å². The number of carbonyl (C=O) groups is 1. The van der Waals surface area contributed by atoms with Crippen molar-refractivity contribution in [3.63, 3.8) is 0 Å². The van der Waals surface area contributed by atoms with E-state index in [9.17, 15) is 9.70 Å². The van der Waals surface area contributed by atoms with Crippen molar-refractivity contribution in [3.8, 4) is 0 Å². The number of rotatable bonds is 8. The Morgan fingerprint density at radius 3 is 2.41 bits per heavy atom. The minimum absolute atomic E-state index is 0.258. The summed E-state index contributed by atoms with van der Waals surface area (Å²) in [5, 5.41) is 7.16. The zero-order valence-corrected chi connectivity index (χ0v) is 20.5. The van der Waals surface area contributed by atoms with Gasteiger partial charge >= 0.3 is 0 Å². The fourth-order valence-corrected chi connectivity index (χ4v) is 4.83. The molecule has 8 nitrogen and oxygen atoms in total. The molecular formula is C25H33ClN6O2. The summed E-state index contributed by atoms with van der Waals surface area (Å²) in [7, 11) is 0. The Hall–Kier alpha value is -2.71. The molecule has 0 bridgehead atoms. The van der Waals surface area contributed by atoms with Crippen LogP contribution >= 0.6 is 11.6 Å². The summed E-state index contributed by atoms with van der Waals surface area (Å²) in [5.74, 6) is 1.01. The number of piperidine rings is 1. The van der Waals surface area contributed by atoms with E-state index in [0.29, 0.717) is 17.8 Å². The molecule has 0 saturated carbocycles. The van der Waals surface area contributed by atoms with Crippen LogP contribution in [0.3, 0.4) is 0 Å². The molecule has 2 fully saturated rings. The normalized spacial score (nSPS) is 17.6. The third-order valence-corrected chi connectivity index (χ3v) is 7.04. The van der Waals surface area contributed by atoms with Gasteiger partial charge in [0.2, 0.25) is 5.91 Å². The highest BCUT2D eigenvalue weighted by molar-refractivity contribution is 6.30. The van der Waals surface area contributed by atoms with Gasteiger partial charge in [-0.1, -0.05) is 11.6 Å². The number of likely N-dealkylation sites (tertiary alicyclic amines) is 1. The largest absolute Gasteiger partial charge is 0.369 e. The molecule has 0 atom stereocenters. The number of piperazine rings is 1. The minimum atomic E-state index is 0.258. The summed E-state index contributed by atoms with van der Waals surface area (Å²) in [5.41, 5.74) is 2.21. The van der Waals surface area contributed by atoms with Crippen LogP contribution in [0.1, 0.15) is 31.4 Å². The summed E-state index contributed by atoms with van der Waals surface area (Å²) in [6, 6.07) is 11.8. The lowest BCUT2D eigenvalue weighted by molar-refractivity contribution is -0.132. The van der Waals surface area contributed by atoms with Gasteiger partial charge in [0.25, 0.3) is 0 Å². The number of nitrogens with zero attached hydrogens (tertiary/aromatic N) is 5. The number of aryl methyl sites for hydroxylation is 1. The molecule has 4 rings (SSSR count). The number of carbonyl (C=O) groups excluding carboxylic acids is 1. The quantitative estimate of drug-likeness (QED) is 0.557. The fraction of sp³-hybridized carbons (Fsp3) is 0.520. The molecular weight excluding hydrogens is 452 g/mol. The molecule has 0 spiro atoms. The van der Waals surface area contributed by atoms with Gasteiger partial charge in [0.1, 0.15) is 11.5 Å². The number of nitrogens with one attached hydrogen (secondary N) is 1. The van der Waals surface area contributed by atoms with Gasteiger partial charge in [0.05, 0.1) is 5.69 Å². The zero-order chi connectivity index (χ0) is 23.9. The van der Waals surface area contributed by atoms with Crippen molar-refractivity contribution in [3.05, 3.63) is 52.0 Å². The lowest BCUT2D eigenvalue weighted by Gasteiger charge is -2.36. The van der Waals surface area contributed by atoms with E-state index in [1.165, 1.54) is 5.69 Å². The molecule has 0 radical (unpaired) electrons. The number of amides is 1. The standard InChI is InChI=1S/C25H33ClN6O2/c1-19-23(29-34)8-9-24(27-19)28-21-10-13-32(14-11-21)25(33)3-2-12-30-15-17-31(18-16-30)22-6-4-20(26)5-7-22/h4-9,21H,2-3,10-18H2,1H3,(H,27,28). The zero-order valence-electron chi connectivity index (χ0n) is 19.8. The van der Waals surface area contributed by atoms with Crippen molar-refractivity contribution in [1.29, 1.82) is 0 Å². The molecule has 1 aromatic carbocycles. The highest BCUT2D eigenvalue weighted by atomic mass is 35.5. The first kappa shape index (κ1) is 24.4. The molecule has 182 valence electrons. The van der Waals surface area contributed by atoms with Gasteiger partial charge in [-0.15, -0.1) is 4.91 Å². The first-order chi connectivity index (χ1) is 16.5. The van der Waals surface area contributed by atoms with E-state index in [0.717, 1.165) is 75.9 Å². The molecule has 2 aromatic rings. The lowest BCUT2D eigenvalue weighted by Crippen LogP contribution is -2.47. The third-order valence-electron chi connectivity index (χ3n) is 6.78. The van der Waals surface area contributed by atoms with Gasteiger partial charge in [-0.05, 0) is 74.3 Å². The van der Waals surface area contributed by atoms with Gasteiger partial charge in [-0.25, -0.2) is 4.98 Å². The van der Waals surface area contributed by atoms with Crippen LogP contribution in [-0.2, 0) is 4.79 Å². The van der Waals surface area contributed by atoms with Gasteiger partial charge in [-0.2, -0.15) is 0 Å². The molecule has 0 unspecified atom stereocenters. The summed E-state index contributed by atoms with van der Waals surface area (Å²) in [6.45, 7) is 8.32. The Morgan fingerprint density at radius 2 is 1.76 bits per heavy atom.